The average molecular weight is 359 g/mol. The topological polar surface area (TPSA) is 29.1 Å². The fraction of sp³-hybridized carbons (Fsp3) is 0.533. The standard InChI is InChI=1S/C15H22INO/c1-15(2,3)13-9-5-4-8-12(13)14(18)17-11-7-6-10-16/h4-5,8-9H,6-7,10-11H2,1-3H3,(H,17,18). The Labute approximate surface area is 124 Å². The molecule has 100 valence electrons. The Kier molecular flexibility index (Phi) is 6.12. The summed E-state index contributed by atoms with van der Waals surface area (Å²) in [5.74, 6) is 0.0500. The van der Waals surface area contributed by atoms with E-state index in [1.165, 1.54) is 0 Å². The zero-order valence-electron chi connectivity index (χ0n) is 11.4. The maximum atomic E-state index is 12.2. The molecule has 1 aromatic carbocycles. The second-order valence-electron chi connectivity index (χ2n) is 5.45. The van der Waals surface area contributed by atoms with Crippen molar-refractivity contribution >= 4 is 28.5 Å². The van der Waals surface area contributed by atoms with Gasteiger partial charge < -0.3 is 5.32 Å². The van der Waals surface area contributed by atoms with Gasteiger partial charge in [-0.2, -0.15) is 0 Å². The number of hydrogen-bond acceptors (Lipinski definition) is 1. The van der Waals surface area contributed by atoms with Gasteiger partial charge in [-0.05, 0) is 34.3 Å². The Morgan fingerprint density at radius 2 is 1.89 bits per heavy atom. The van der Waals surface area contributed by atoms with Gasteiger partial charge in [0.05, 0.1) is 0 Å². The second kappa shape index (κ2) is 7.12. The maximum absolute atomic E-state index is 12.2. The van der Waals surface area contributed by atoms with Crippen molar-refractivity contribution < 1.29 is 4.79 Å². The van der Waals surface area contributed by atoms with Crippen LogP contribution in [0.4, 0.5) is 0 Å². The first-order valence-electron chi connectivity index (χ1n) is 6.40. The molecule has 0 atom stereocenters. The molecule has 0 aliphatic carbocycles. The minimum Gasteiger partial charge on any atom is -0.352 e. The summed E-state index contributed by atoms with van der Waals surface area (Å²) in [6, 6.07) is 7.87. The van der Waals surface area contributed by atoms with Gasteiger partial charge in [0, 0.05) is 12.1 Å². The normalized spacial score (nSPS) is 11.3. The number of rotatable bonds is 5. The Morgan fingerprint density at radius 1 is 1.22 bits per heavy atom. The third-order valence-corrected chi connectivity index (χ3v) is 3.59. The lowest BCUT2D eigenvalue weighted by Gasteiger charge is -2.22. The van der Waals surface area contributed by atoms with Crippen molar-refractivity contribution in [2.24, 2.45) is 0 Å². The van der Waals surface area contributed by atoms with Gasteiger partial charge >= 0.3 is 0 Å². The van der Waals surface area contributed by atoms with Crippen LogP contribution in [0.1, 0.15) is 49.5 Å². The van der Waals surface area contributed by atoms with Crippen molar-refractivity contribution in [3.63, 3.8) is 0 Å². The highest BCUT2D eigenvalue weighted by Gasteiger charge is 2.20. The first-order valence-corrected chi connectivity index (χ1v) is 7.93. The predicted octanol–water partition coefficient (Wildman–Crippen LogP) is 3.93. The minimum atomic E-state index is -0.00383. The molecule has 0 spiro atoms. The van der Waals surface area contributed by atoms with Crippen molar-refractivity contribution in [2.45, 2.75) is 39.0 Å². The average Bonchev–Trinajstić information content (AvgIpc) is 2.33. The van der Waals surface area contributed by atoms with Crippen molar-refractivity contribution in [3.8, 4) is 0 Å². The van der Waals surface area contributed by atoms with Crippen LogP contribution < -0.4 is 5.32 Å². The van der Waals surface area contributed by atoms with Gasteiger partial charge in [0.15, 0.2) is 0 Å². The summed E-state index contributed by atoms with van der Waals surface area (Å²) < 4.78 is 1.15. The molecule has 1 rings (SSSR count). The third kappa shape index (κ3) is 4.59. The summed E-state index contributed by atoms with van der Waals surface area (Å²) in [5.41, 5.74) is 1.91. The lowest BCUT2D eigenvalue weighted by molar-refractivity contribution is 0.0951. The number of amides is 1. The smallest absolute Gasteiger partial charge is 0.251 e. The number of unbranched alkanes of at least 4 members (excludes halogenated alkanes) is 1. The van der Waals surface area contributed by atoms with Crippen molar-refractivity contribution in [1.82, 2.24) is 5.32 Å². The van der Waals surface area contributed by atoms with Crippen molar-refractivity contribution in [1.29, 1.82) is 0 Å². The number of carbonyl (C=O) groups excluding carboxylic acids is 1. The number of nitrogens with one attached hydrogen (secondary N) is 1. The first-order chi connectivity index (χ1) is 8.46. The van der Waals surface area contributed by atoms with Crippen molar-refractivity contribution in [2.75, 3.05) is 11.0 Å². The van der Waals surface area contributed by atoms with Gasteiger partial charge in [0.2, 0.25) is 0 Å². The fourth-order valence-electron chi connectivity index (χ4n) is 1.85. The molecule has 0 bridgehead atoms. The summed E-state index contributed by atoms with van der Waals surface area (Å²) in [4.78, 5) is 12.2. The van der Waals surface area contributed by atoms with Crippen LogP contribution in [-0.2, 0) is 5.41 Å². The highest BCUT2D eigenvalue weighted by Crippen LogP contribution is 2.25. The quantitative estimate of drug-likeness (QED) is 0.482. The highest BCUT2D eigenvalue weighted by molar-refractivity contribution is 14.1. The number of alkyl halides is 1. The molecule has 18 heavy (non-hydrogen) atoms. The molecule has 0 aromatic heterocycles. The van der Waals surface area contributed by atoms with Gasteiger partial charge in [0.1, 0.15) is 0 Å². The maximum Gasteiger partial charge on any atom is 0.251 e. The zero-order chi connectivity index (χ0) is 13.6. The van der Waals surface area contributed by atoms with Crippen LogP contribution in [0.3, 0.4) is 0 Å². The first kappa shape index (κ1) is 15.5. The number of carbonyl (C=O) groups is 1. The van der Waals surface area contributed by atoms with Gasteiger partial charge in [-0.15, -0.1) is 0 Å². The summed E-state index contributed by atoms with van der Waals surface area (Å²) in [6.45, 7) is 7.17. The minimum absolute atomic E-state index is 0.00383. The molecule has 0 aliphatic rings. The number of hydrogen-bond donors (Lipinski definition) is 1. The molecule has 1 N–H and O–H groups in total. The summed E-state index contributed by atoms with van der Waals surface area (Å²) in [6.07, 6.45) is 2.20. The SMILES string of the molecule is CC(C)(C)c1ccccc1C(=O)NCCCCI. The summed E-state index contributed by atoms with van der Waals surface area (Å²) in [5, 5.41) is 3.00. The van der Waals surface area contributed by atoms with Gasteiger partial charge in [0.25, 0.3) is 5.91 Å². The zero-order valence-corrected chi connectivity index (χ0v) is 13.6. The highest BCUT2D eigenvalue weighted by atomic mass is 127. The van der Waals surface area contributed by atoms with E-state index in [1.807, 2.05) is 24.3 Å². The molecule has 0 saturated heterocycles. The largest absolute Gasteiger partial charge is 0.352 e. The van der Waals surface area contributed by atoms with Crippen LogP contribution in [0, 0.1) is 0 Å². The van der Waals surface area contributed by atoms with E-state index in [2.05, 4.69) is 48.7 Å². The van der Waals surface area contributed by atoms with E-state index < -0.39 is 0 Å². The van der Waals surface area contributed by atoms with E-state index in [9.17, 15) is 4.79 Å². The molecule has 1 amide bonds. The molecule has 0 heterocycles. The van der Waals surface area contributed by atoms with Gasteiger partial charge in [-0.3, -0.25) is 4.79 Å². The van der Waals surface area contributed by atoms with Crippen LogP contribution in [0.15, 0.2) is 24.3 Å². The molecule has 0 saturated carbocycles. The van der Waals surface area contributed by atoms with E-state index in [0.717, 1.165) is 34.9 Å². The molecule has 0 fully saturated rings. The van der Waals surface area contributed by atoms with Gasteiger partial charge in [-0.1, -0.05) is 61.6 Å². The summed E-state index contributed by atoms with van der Waals surface area (Å²) in [7, 11) is 0. The van der Waals surface area contributed by atoms with Crippen LogP contribution in [0.25, 0.3) is 0 Å². The van der Waals surface area contributed by atoms with Gasteiger partial charge in [-0.25, -0.2) is 0 Å². The van der Waals surface area contributed by atoms with Crippen molar-refractivity contribution in [3.05, 3.63) is 35.4 Å². The molecule has 0 unspecified atom stereocenters. The predicted molar refractivity (Wildman–Crippen MR) is 85.6 cm³/mol. The second-order valence-corrected chi connectivity index (χ2v) is 6.53. The molecular weight excluding hydrogens is 337 g/mol. The molecule has 0 aliphatic heterocycles. The van der Waals surface area contributed by atoms with Crippen LogP contribution >= 0.6 is 22.6 Å². The molecule has 3 heteroatoms. The summed E-state index contributed by atoms with van der Waals surface area (Å²) >= 11 is 2.36. The van der Waals surface area contributed by atoms with Crippen LogP contribution in [0.5, 0.6) is 0 Å². The lowest BCUT2D eigenvalue weighted by atomic mass is 9.83. The number of benzene rings is 1. The monoisotopic (exact) mass is 359 g/mol. The molecule has 1 aromatic rings. The van der Waals surface area contributed by atoms with E-state index in [-0.39, 0.29) is 11.3 Å². The fourth-order valence-corrected chi connectivity index (χ4v) is 2.39. The van der Waals surface area contributed by atoms with E-state index in [1.54, 1.807) is 0 Å². The molecule has 2 nitrogen and oxygen atoms in total. The molecular formula is C15H22INO. The van der Waals surface area contributed by atoms with Crippen LogP contribution in [0.2, 0.25) is 0 Å². The Morgan fingerprint density at radius 3 is 2.50 bits per heavy atom. The van der Waals surface area contributed by atoms with Crippen LogP contribution in [-0.4, -0.2) is 16.9 Å². The van der Waals surface area contributed by atoms with E-state index in [0.29, 0.717) is 0 Å². The third-order valence-electron chi connectivity index (χ3n) is 2.83. The lowest BCUT2D eigenvalue weighted by Crippen LogP contribution is -2.28. The van der Waals surface area contributed by atoms with E-state index in [4.69, 9.17) is 0 Å². The Bertz CT molecular complexity index is 396. The number of halogens is 1. The Hall–Kier alpha value is -0.580. The molecule has 0 radical (unpaired) electrons. The van der Waals surface area contributed by atoms with E-state index >= 15 is 0 Å². The Balaban J connectivity index is 2.74.